The summed E-state index contributed by atoms with van der Waals surface area (Å²) < 4.78 is 5.08. The highest BCUT2D eigenvalue weighted by Gasteiger charge is 2.13. The molecule has 0 saturated carbocycles. The minimum atomic E-state index is 0.242. The molecule has 1 heterocycles. The number of anilines is 1. The van der Waals surface area contributed by atoms with Gasteiger partial charge in [0.2, 0.25) is 5.89 Å². The van der Waals surface area contributed by atoms with E-state index in [4.69, 9.17) is 10.3 Å². The van der Waals surface area contributed by atoms with E-state index in [1.54, 1.807) is 0 Å². The molecule has 13 heavy (non-hydrogen) atoms. The van der Waals surface area contributed by atoms with Crippen LogP contribution < -0.4 is 10.6 Å². The molecule has 1 aromatic heterocycles. The van der Waals surface area contributed by atoms with E-state index in [1.807, 2.05) is 25.9 Å². The van der Waals surface area contributed by atoms with Crippen LogP contribution in [0.2, 0.25) is 0 Å². The van der Waals surface area contributed by atoms with Gasteiger partial charge in [-0.3, -0.25) is 0 Å². The predicted octanol–water partition coefficient (Wildman–Crippen LogP) is 0.588. The van der Waals surface area contributed by atoms with Crippen LogP contribution in [0.4, 0.5) is 5.95 Å². The van der Waals surface area contributed by atoms with Gasteiger partial charge in [-0.1, -0.05) is 6.92 Å². The highest BCUT2D eigenvalue weighted by molar-refractivity contribution is 5.24. The molecule has 74 valence electrons. The van der Waals surface area contributed by atoms with Crippen molar-refractivity contribution in [2.45, 2.75) is 19.3 Å². The van der Waals surface area contributed by atoms with Gasteiger partial charge in [-0.05, 0) is 18.1 Å². The number of aromatic nitrogens is 2. The first kappa shape index (κ1) is 9.98. The Kier molecular flexibility index (Phi) is 3.25. The summed E-state index contributed by atoms with van der Waals surface area (Å²) in [5.41, 5.74) is 5.43. The largest absolute Gasteiger partial charge is 0.344 e. The van der Waals surface area contributed by atoms with Crippen LogP contribution in [0.1, 0.15) is 25.2 Å². The smallest absolute Gasteiger partial charge is 0.265 e. The summed E-state index contributed by atoms with van der Waals surface area (Å²) in [6.45, 7) is 2.67. The van der Waals surface area contributed by atoms with Gasteiger partial charge in [-0.25, -0.2) is 0 Å². The van der Waals surface area contributed by atoms with Gasteiger partial charge in [-0.15, -0.1) is 0 Å². The van der Waals surface area contributed by atoms with Crippen molar-refractivity contribution in [2.75, 3.05) is 25.5 Å². The molecule has 0 saturated heterocycles. The Hall–Kier alpha value is -1.10. The average Bonchev–Trinajstić information content (AvgIpc) is 2.52. The lowest BCUT2D eigenvalue weighted by molar-refractivity contribution is 0.354. The highest BCUT2D eigenvalue weighted by Crippen LogP contribution is 2.17. The molecular weight excluding hydrogens is 168 g/mol. The summed E-state index contributed by atoms with van der Waals surface area (Å²) in [5.74, 6) is 1.51. The average molecular weight is 184 g/mol. The second kappa shape index (κ2) is 4.23. The Morgan fingerprint density at radius 2 is 2.23 bits per heavy atom. The molecule has 0 aliphatic carbocycles. The van der Waals surface area contributed by atoms with Crippen molar-refractivity contribution < 1.29 is 4.52 Å². The van der Waals surface area contributed by atoms with Crippen molar-refractivity contribution in [1.82, 2.24) is 10.1 Å². The quantitative estimate of drug-likeness (QED) is 0.741. The highest BCUT2D eigenvalue weighted by atomic mass is 16.5. The van der Waals surface area contributed by atoms with E-state index >= 15 is 0 Å². The summed E-state index contributed by atoms with van der Waals surface area (Å²) in [6.07, 6.45) is 0.870. The standard InChI is InChI=1S/C8H16N4O/c1-6(4-5-9)7-10-8(11-13-7)12(2)3/h6H,4-5,9H2,1-3H3. The van der Waals surface area contributed by atoms with Gasteiger partial charge < -0.3 is 15.2 Å². The third-order valence-electron chi connectivity index (χ3n) is 1.85. The number of nitrogens with zero attached hydrogens (tertiary/aromatic N) is 3. The van der Waals surface area contributed by atoms with Crippen molar-refractivity contribution in [1.29, 1.82) is 0 Å². The van der Waals surface area contributed by atoms with Crippen molar-refractivity contribution in [3.05, 3.63) is 5.89 Å². The van der Waals surface area contributed by atoms with Crippen LogP contribution in [0.15, 0.2) is 4.52 Å². The first-order valence-corrected chi connectivity index (χ1v) is 4.36. The minimum absolute atomic E-state index is 0.242. The lowest BCUT2D eigenvalue weighted by Crippen LogP contribution is -2.10. The van der Waals surface area contributed by atoms with Gasteiger partial charge in [0.15, 0.2) is 0 Å². The van der Waals surface area contributed by atoms with Crippen molar-refractivity contribution >= 4 is 5.95 Å². The number of hydrogen-bond donors (Lipinski definition) is 1. The van der Waals surface area contributed by atoms with E-state index in [0.29, 0.717) is 18.4 Å². The third kappa shape index (κ3) is 2.42. The second-order valence-electron chi connectivity index (χ2n) is 3.31. The normalized spacial score (nSPS) is 12.9. The van der Waals surface area contributed by atoms with Crippen LogP contribution in [-0.2, 0) is 0 Å². The second-order valence-corrected chi connectivity index (χ2v) is 3.31. The van der Waals surface area contributed by atoms with Gasteiger partial charge in [0.1, 0.15) is 0 Å². The van der Waals surface area contributed by atoms with E-state index in [9.17, 15) is 0 Å². The molecule has 1 atom stereocenters. The molecule has 5 nitrogen and oxygen atoms in total. The van der Waals surface area contributed by atoms with Gasteiger partial charge in [0, 0.05) is 20.0 Å². The molecular formula is C8H16N4O. The lowest BCUT2D eigenvalue weighted by Gasteiger charge is -2.04. The molecule has 1 aromatic rings. The minimum Gasteiger partial charge on any atom is -0.344 e. The van der Waals surface area contributed by atoms with Gasteiger partial charge in [0.05, 0.1) is 0 Å². The Morgan fingerprint density at radius 3 is 2.69 bits per heavy atom. The van der Waals surface area contributed by atoms with E-state index in [1.165, 1.54) is 0 Å². The maximum absolute atomic E-state index is 5.43. The summed E-state index contributed by atoms with van der Waals surface area (Å²) in [7, 11) is 3.75. The lowest BCUT2D eigenvalue weighted by atomic mass is 10.1. The van der Waals surface area contributed by atoms with Crippen molar-refractivity contribution in [3.63, 3.8) is 0 Å². The molecule has 0 fully saturated rings. The fourth-order valence-corrected chi connectivity index (χ4v) is 0.982. The summed E-state index contributed by atoms with van der Waals surface area (Å²) >= 11 is 0. The van der Waals surface area contributed by atoms with Crippen LogP contribution in [0.5, 0.6) is 0 Å². The monoisotopic (exact) mass is 184 g/mol. The van der Waals surface area contributed by atoms with Crippen LogP contribution in [0.25, 0.3) is 0 Å². The summed E-state index contributed by atoms with van der Waals surface area (Å²) in [6, 6.07) is 0. The zero-order chi connectivity index (χ0) is 9.84. The number of rotatable bonds is 4. The predicted molar refractivity (Wildman–Crippen MR) is 50.7 cm³/mol. The molecule has 2 N–H and O–H groups in total. The van der Waals surface area contributed by atoms with E-state index < -0.39 is 0 Å². The Morgan fingerprint density at radius 1 is 1.54 bits per heavy atom. The zero-order valence-corrected chi connectivity index (χ0v) is 8.32. The Bertz CT molecular complexity index is 258. The van der Waals surface area contributed by atoms with Crippen LogP contribution in [0.3, 0.4) is 0 Å². The molecule has 0 aliphatic heterocycles. The first-order chi connectivity index (χ1) is 6.15. The summed E-state index contributed by atoms with van der Waals surface area (Å²) in [4.78, 5) is 6.03. The molecule has 0 bridgehead atoms. The molecule has 0 spiro atoms. The Labute approximate surface area is 77.9 Å². The molecule has 0 radical (unpaired) electrons. The molecule has 1 unspecified atom stereocenters. The zero-order valence-electron chi connectivity index (χ0n) is 8.32. The number of nitrogens with two attached hydrogens (primary N) is 1. The molecule has 5 heteroatoms. The van der Waals surface area contributed by atoms with Gasteiger partial charge in [0.25, 0.3) is 5.95 Å². The maximum Gasteiger partial charge on any atom is 0.265 e. The van der Waals surface area contributed by atoms with Crippen LogP contribution in [-0.4, -0.2) is 30.8 Å². The van der Waals surface area contributed by atoms with Gasteiger partial charge >= 0.3 is 0 Å². The molecule has 0 amide bonds. The molecule has 0 aliphatic rings. The van der Waals surface area contributed by atoms with E-state index in [-0.39, 0.29) is 5.92 Å². The van der Waals surface area contributed by atoms with E-state index in [2.05, 4.69) is 10.1 Å². The first-order valence-electron chi connectivity index (χ1n) is 4.36. The SMILES string of the molecule is CC(CCN)c1nc(N(C)C)no1. The fraction of sp³-hybridized carbons (Fsp3) is 0.750. The van der Waals surface area contributed by atoms with E-state index in [0.717, 1.165) is 6.42 Å². The van der Waals surface area contributed by atoms with Crippen molar-refractivity contribution in [2.24, 2.45) is 5.73 Å². The summed E-state index contributed by atoms with van der Waals surface area (Å²) in [5, 5.41) is 3.82. The fourth-order valence-electron chi connectivity index (χ4n) is 0.982. The topological polar surface area (TPSA) is 68.2 Å². The van der Waals surface area contributed by atoms with Crippen molar-refractivity contribution in [3.8, 4) is 0 Å². The number of hydrogen-bond acceptors (Lipinski definition) is 5. The third-order valence-corrected chi connectivity index (χ3v) is 1.85. The molecule has 0 aromatic carbocycles. The van der Waals surface area contributed by atoms with Crippen LogP contribution in [0, 0.1) is 0 Å². The van der Waals surface area contributed by atoms with Gasteiger partial charge in [-0.2, -0.15) is 4.98 Å². The molecule has 1 rings (SSSR count). The van der Waals surface area contributed by atoms with Crippen LogP contribution >= 0.6 is 0 Å². The maximum atomic E-state index is 5.43. The Balaban J connectivity index is 2.67.